The maximum absolute atomic E-state index is 11.9. The Balaban J connectivity index is 1.93. The Labute approximate surface area is 85.8 Å². The molecule has 0 aromatic heterocycles. The summed E-state index contributed by atoms with van der Waals surface area (Å²) in [7, 11) is 0. The van der Waals surface area contributed by atoms with E-state index in [-0.39, 0.29) is 5.41 Å². The van der Waals surface area contributed by atoms with Crippen LogP contribution in [0.5, 0.6) is 0 Å². The van der Waals surface area contributed by atoms with E-state index in [2.05, 4.69) is 31.0 Å². The Bertz CT molecular complexity index is 244. The summed E-state index contributed by atoms with van der Waals surface area (Å²) in [5.74, 6) is 0.339. The average Bonchev–Trinajstić information content (AvgIpc) is 2.59. The highest BCUT2D eigenvalue weighted by molar-refractivity contribution is 5.77. The van der Waals surface area contributed by atoms with Gasteiger partial charge in [-0.05, 0) is 11.8 Å². The van der Waals surface area contributed by atoms with Crippen molar-refractivity contribution in [1.82, 2.24) is 10.2 Å². The molecule has 3 nitrogen and oxygen atoms in total. The third kappa shape index (κ3) is 1.92. The van der Waals surface area contributed by atoms with Crippen molar-refractivity contribution < 1.29 is 4.79 Å². The van der Waals surface area contributed by atoms with Crippen molar-refractivity contribution in [3.63, 3.8) is 0 Å². The molecule has 0 unspecified atom stereocenters. The number of hydrogen-bond donors (Lipinski definition) is 1. The summed E-state index contributed by atoms with van der Waals surface area (Å²) in [5.41, 5.74) is 0.117. The number of carbonyl (C=O) groups excluding carboxylic acids is 1. The number of fused-ring (bicyclic) bond motifs is 2. The zero-order valence-electron chi connectivity index (χ0n) is 9.34. The lowest BCUT2D eigenvalue weighted by Gasteiger charge is -2.30. The molecular weight excluding hydrogens is 176 g/mol. The zero-order valence-corrected chi connectivity index (χ0v) is 9.34. The molecule has 2 aliphatic rings. The van der Waals surface area contributed by atoms with E-state index in [0.29, 0.717) is 24.4 Å². The van der Waals surface area contributed by atoms with E-state index in [0.717, 1.165) is 19.5 Å². The molecule has 3 heteroatoms. The maximum Gasteiger partial charge on any atom is 0.223 e. The number of nitrogens with zero attached hydrogens (tertiary/aromatic N) is 1. The molecule has 0 radical (unpaired) electrons. The minimum atomic E-state index is 0.117. The van der Waals surface area contributed by atoms with Gasteiger partial charge in [-0.1, -0.05) is 20.8 Å². The predicted molar refractivity (Wildman–Crippen MR) is 56.0 cm³/mol. The lowest BCUT2D eigenvalue weighted by molar-refractivity contribution is -0.134. The largest absolute Gasteiger partial charge is 0.337 e. The molecule has 1 amide bonds. The molecule has 2 fully saturated rings. The zero-order chi connectivity index (χ0) is 10.3. The molecule has 0 saturated carbocycles. The number of hydrogen-bond acceptors (Lipinski definition) is 2. The first-order valence-corrected chi connectivity index (χ1v) is 5.48. The molecule has 14 heavy (non-hydrogen) atoms. The van der Waals surface area contributed by atoms with Crippen LogP contribution in [0, 0.1) is 5.41 Å². The van der Waals surface area contributed by atoms with Gasteiger partial charge in [0.15, 0.2) is 0 Å². The first kappa shape index (κ1) is 9.97. The van der Waals surface area contributed by atoms with Gasteiger partial charge in [-0.25, -0.2) is 0 Å². The highest BCUT2D eigenvalue weighted by atomic mass is 16.2. The lowest BCUT2D eigenvalue weighted by atomic mass is 9.91. The maximum atomic E-state index is 11.9. The average molecular weight is 196 g/mol. The second-order valence-electron chi connectivity index (χ2n) is 5.78. The second-order valence-corrected chi connectivity index (χ2v) is 5.78. The van der Waals surface area contributed by atoms with Crippen LogP contribution in [-0.4, -0.2) is 36.0 Å². The SMILES string of the molecule is CC(C)(C)CC(=O)N1C[C@H]2C[C@@H]1CN2. The van der Waals surface area contributed by atoms with Crippen molar-refractivity contribution >= 4 is 5.91 Å². The summed E-state index contributed by atoms with van der Waals surface area (Å²) < 4.78 is 0. The van der Waals surface area contributed by atoms with Crippen molar-refractivity contribution in [1.29, 1.82) is 0 Å². The number of nitrogens with one attached hydrogen (secondary N) is 1. The third-order valence-corrected chi connectivity index (χ3v) is 3.06. The van der Waals surface area contributed by atoms with Crippen LogP contribution in [0.2, 0.25) is 0 Å². The summed E-state index contributed by atoms with van der Waals surface area (Å²) in [6.45, 7) is 8.30. The molecule has 0 spiro atoms. The van der Waals surface area contributed by atoms with Gasteiger partial charge in [0.25, 0.3) is 0 Å². The van der Waals surface area contributed by atoms with Crippen molar-refractivity contribution in [3.8, 4) is 0 Å². The van der Waals surface area contributed by atoms with E-state index in [1.807, 2.05) is 0 Å². The Morgan fingerprint density at radius 2 is 2.21 bits per heavy atom. The Morgan fingerprint density at radius 1 is 1.50 bits per heavy atom. The number of rotatable bonds is 1. The van der Waals surface area contributed by atoms with E-state index < -0.39 is 0 Å². The van der Waals surface area contributed by atoms with Crippen molar-refractivity contribution in [2.24, 2.45) is 5.41 Å². The van der Waals surface area contributed by atoms with E-state index >= 15 is 0 Å². The van der Waals surface area contributed by atoms with Crippen molar-refractivity contribution in [2.75, 3.05) is 13.1 Å². The molecule has 2 heterocycles. The Hall–Kier alpha value is -0.570. The van der Waals surface area contributed by atoms with E-state index in [1.54, 1.807) is 0 Å². The first-order valence-electron chi connectivity index (χ1n) is 5.48. The summed E-state index contributed by atoms with van der Waals surface area (Å²) in [4.78, 5) is 14.0. The number of piperazine rings is 1. The standard InChI is InChI=1S/C11H20N2O/c1-11(2,3)5-10(14)13-7-8-4-9(13)6-12-8/h8-9,12H,4-7H2,1-3H3/t8-,9-/m1/s1. The first-order chi connectivity index (χ1) is 6.46. The van der Waals surface area contributed by atoms with Gasteiger partial charge < -0.3 is 10.2 Å². The van der Waals surface area contributed by atoms with E-state index in [9.17, 15) is 4.79 Å². The summed E-state index contributed by atoms with van der Waals surface area (Å²) in [5, 5.41) is 3.41. The molecular formula is C11H20N2O. The van der Waals surface area contributed by atoms with Gasteiger partial charge in [-0.15, -0.1) is 0 Å². The summed E-state index contributed by atoms with van der Waals surface area (Å²) in [6.07, 6.45) is 1.84. The highest BCUT2D eigenvalue weighted by Crippen LogP contribution is 2.27. The van der Waals surface area contributed by atoms with Crippen LogP contribution in [0.25, 0.3) is 0 Å². The molecule has 2 aliphatic heterocycles. The fraction of sp³-hybridized carbons (Fsp3) is 0.909. The van der Waals surface area contributed by atoms with Crippen LogP contribution >= 0.6 is 0 Å². The van der Waals surface area contributed by atoms with E-state index in [1.165, 1.54) is 0 Å². The fourth-order valence-electron chi connectivity index (χ4n) is 2.42. The molecule has 2 bridgehead atoms. The normalized spacial score (nSPS) is 31.2. The van der Waals surface area contributed by atoms with Crippen LogP contribution in [0.4, 0.5) is 0 Å². The number of likely N-dealkylation sites (tertiary alicyclic amines) is 1. The topological polar surface area (TPSA) is 32.3 Å². The van der Waals surface area contributed by atoms with Crippen LogP contribution in [0.1, 0.15) is 33.6 Å². The van der Waals surface area contributed by atoms with Gasteiger partial charge in [0.05, 0.1) is 0 Å². The molecule has 2 atom stereocenters. The molecule has 0 aromatic rings. The van der Waals surface area contributed by atoms with Gasteiger partial charge >= 0.3 is 0 Å². The molecule has 2 rings (SSSR count). The van der Waals surface area contributed by atoms with Crippen LogP contribution in [0.3, 0.4) is 0 Å². The van der Waals surface area contributed by atoms with Crippen molar-refractivity contribution in [3.05, 3.63) is 0 Å². The monoisotopic (exact) mass is 196 g/mol. The van der Waals surface area contributed by atoms with Gasteiger partial charge in [-0.2, -0.15) is 0 Å². The quantitative estimate of drug-likeness (QED) is 0.678. The second kappa shape index (κ2) is 3.23. The molecule has 1 N–H and O–H groups in total. The smallest absolute Gasteiger partial charge is 0.223 e. The van der Waals surface area contributed by atoms with Gasteiger partial charge in [0, 0.05) is 31.6 Å². The van der Waals surface area contributed by atoms with E-state index in [4.69, 9.17) is 0 Å². The van der Waals surface area contributed by atoms with Gasteiger partial charge in [-0.3, -0.25) is 4.79 Å². The Morgan fingerprint density at radius 3 is 2.64 bits per heavy atom. The molecule has 0 aromatic carbocycles. The molecule has 0 aliphatic carbocycles. The van der Waals surface area contributed by atoms with Crippen LogP contribution < -0.4 is 5.32 Å². The van der Waals surface area contributed by atoms with Crippen molar-refractivity contribution in [2.45, 2.75) is 45.7 Å². The molecule has 80 valence electrons. The number of carbonyl (C=O) groups is 1. The van der Waals surface area contributed by atoms with Gasteiger partial charge in [0.2, 0.25) is 5.91 Å². The van der Waals surface area contributed by atoms with Gasteiger partial charge in [0.1, 0.15) is 0 Å². The Kier molecular flexibility index (Phi) is 2.30. The number of amides is 1. The summed E-state index contributed by atoms with van der Waals surface area (Å²) in [6, 6.07) is 1.05. The molecule has 2 saturated heterocycles. The van der Waals surface area contributed by atoms with Crippen LogP contribution in [-0.2, 0) is 4.79 Å². The fourth-order valence-corrected chi connectivity index (χ4v) is 2.42. The highest BCUT2D eigenvalue weighted by Gasteiger charge is 2.40. The minimum Gasteiger partial charge on any atom is -0.337 e. The predicted octanol–water partition coefficient (Wildman–Crippen LogP) is 0.995. The summed E-state index contributed by atoms with van der Waals surface area (Å²) >= 11 is 0. The minimum absolute atomic E-state index is 0.117. The lowest BCUT2D eigenvalue weighted by Crippen LogP contribution is -2.47. The van der Waals surface area contributed by atoms with Crippen LogP contribution in [0.15, 0.2) is 0 Å². The third-order valence-electron chi connectivity index (χ3n) is 3.06.